The van der Waals surface area contributed by atoms with E-state index in [-0.39, 0.29) is 24.1 Å². The van der Waals surface area contributed by atoms with E-state index >= 15 is 0 Å². The van der Waals surface area contributed by atoms with Crippen molar-refractivity contribution in [2.24, 2.45) is 0 Å². The fourth-order valence-electron chi connectivity index (χ4n) is 2.92. The van der Waals surface area contributed by atoms with Gasteiger partial charge >= 0.3 is 6.03 Å². The predicted molar refractivity (Wildman–Crippen MR) is 87.7 cm³/mol. The van der Waals surface area contributed by atoms with Crippen molar-refractivity contribution in [1.82, 2.24) is 10.6 Å². The standard InChI is InChI=1S/C16H20ClN3O3/c17-11-3-5-13(6-4-11)20-10-12(8-15(20)21)19-16(22)18-9-14-2-1-7-23-14/h3-6,12,14H,1-2,7-10H2,(H2,18,19,22)/t12-,14+/m1/s1. The Hall–Kier alpha value is -1.79. The lowest BCUT2D eigenvalue weighted by atomic mass is 10.2. The number of hydrogen-bond donors (Lipinski definition) is 2. The fraction of sp³-hybridized carbons (Fsp3) is 0.500. The minimum Gasteiger partial charge on any atom is -0.376 e. The van der Waals surface area contributed by atoms with E-state index in [0.717, 1.165) is 25.1 Å². The van der Waals surface area contributed by atoms with E-state index in [1.165, 1.54) is 0 Å². The molecule has 1 aromatic carbocycles. The molecular weight excluding hydrogens is 318 g/mol. The fourth-order valence-corrected chi connectivity index (χ4v) is 3.05. The monoisotopic (exact) mass is 337 g/mol. The molecule has 2 aliphatic heterocycles. The third kappa shape index (κ3) is 4.14. The van der Waals surface area contributed by atoms with Gasteiger partial charge in [0.1, 0.15) is 0 Å². The molecule has 0 unspecified atom stereocenters. The summed E-state index contributed by atoms with van der Waals surface area (Å²) in [4.78, 5) is 25.7. The molecule has 3 amide bonds. The highest BCUT2D eigenvalue weighted by atomic mass is 35.5. The van der Waals surface area contributed by atoms with E-state index < -0.39 is 0 Å². The summed E-state index contributed by atoms with van der Waals surface area (Å²) in [5, 5.41) is 6.28. The summed E-state index contributed by atoms with van der Waals surface area (Å²) < 4.78 is 5.46. The first-order valence-electron chi connectivity index (χ1n) is 7.84. The van der Waals surface area contributed by atoms with Crippen molar-refractivity contribution in [2.45, 2.75) is 31.4 Å². The first-order chi connectivity index (χ1) is 11.1. The zero-order chi connectivity index (χ0) is 16.2. The summed E-state index contributed by atoms with van der Waals surface area (Å²) in [7, 11) is 0. The molecular formula is C16H20ClN3O3. The van der Waals surface area contributed by atoms with Crippen molar-refractivity contribution < 1.29 is 14.3 Å². The maximum Gasteiger partial charge on any atom is 0.315 e. The van der Waals surface area contributed by atoms with E-state index in [0.29, 0.717) is 24.5 Å². The second kappa shape index (κ2) is 7.19. The van der Waals surface area contributed by atoms with Crippen molar-refractivity contribution in [1.29, 1.82) is 0 Å². The van der Waals surface area contributed by atoms with Crippen LogP contribution in [0.2, 0.25) is 5.02 Å². The molecule has 0 aromatic heterocycles. The predicted octanol–water partition coefficient (Wildman–Crippen LogP) is 1.92. The normalized spacial score (nSPS) is 24.0. The molecule has 6 nitrogen and oxygen atoms in total. The number of amides is 3. The van der Waals surface area contributed by atoms with Gasteiger partial charge in [0.05, 0.1) is 12.1 Å². The van der Waals surface area contributed by atoms with Crippen molar-refractivity contribution in [2.75, 3.05) is 24.6 Å². The summed E-state index contributed by atoms with van der Waals surface area (Å²) in [5.74, 6) is -0.00301. The van der Waals surface area contributed by atoms with Gasteiger partial charge in [0, 0.05) is 36.8 Å². The molecule has 0 bridgehead atoms. The number of halogens is 1. The number of urea groups is 1. The average Bonchev–Trinajstić information content (AvgIpc) is 3.16. The lowest BCUT2D eigenvalue weighted by molar-refractivity contribution is -0.117. The van der Waals surface area contributed by atoms with E-state index in [1.807, 2.05) is 0 Å². The van der Waals surface area contributed by atoms with Gasteiger partial charge in [-0.25, -0.2) is 4.79 Å². The van der Waals surface area contributed by atoms with Crippen LogP contribution >= 0.6 is 11.6 Å². The number of benzene rings is 1. The molecule has 2 saturated heterocycles. The molecule has 2 fully saturated rings. The Kier molecular flexibility index (Phi) is 5.03. The van der Waals surface area contributed by atoms with Gasteiger partial charge in [-0.2, -0.15) is 0 Å². The van der Waals surface area contributed by atoms with Crippen LogP contribution in [0.4, 0.5) is 10.5 Å². The second-order valence-corrected chi connectivity index (χ2v) is 6.31. The van der Waals surface area contributed by atoms with Crippen molar-refractivity contribution in [3.63, 3.8) is 0 Å². The molecule has 0 spiro atoms. The largest absolute Gasteiger partial charge is 0.376 e. The first-order valence-corrected chi connectivity index (χ1v) is 8.21. The number of ether oxygens (including phenoxy) is 1. The van der Waals surface area contributed by atoms with Gasteiger partial charge in [-0.15, -0.1) is 0 Å². The van der Waals surface area contributed by atoms with Crippen LogP contribution in [0.1, 0.15) is 19.3 Å². The quantitative estimate of drug-likeness (QED) is 0.882. The van der Waals surface area contributed by atoms with Crippen LogP contribution < -0.4 is 15.5 Å². The minimum absolute atomic E-state index is 0.00301. The summed E-state index contributed by atoms with van der Waals surface area (Å²) >= 11 is 5.86. The summed E-state index contributed by atoms with van der Waals surface area (Å²) in [6.45, 7) is 1.74. The topological polar surface area (TPSA) is 70.7 Å². The van der Waals surface area contributed by atoms with Gasteiger partial charge in [-0.1, -0.05) is 11.6 Å². The van der Waals surface area contributed by atoms with Gasteiger partial charge in [0.15, 0.2) is 0 Å². The SMILES string of the molecule is O=C(NC[C@@H]1CCCO1)N[C@@H]1CC(=O)N(c2ccc(Cl)cc2)C1. The highest BCUT2D eigenvalue weighted by molar-refractivity contribution is 6.30. The van der Waals surface area contributed by atoms with Crippen molar-refractivity contribution >= 4 is 29.2 Å². The van der Waals surface area contributed by atoms with E-state index in [1.54, 1.807) is 29.2 Å². The molecule has 0 radical (unpaired) electrons. The smallest absolute Gasteiger partial charge is 0.315 e. The zero-order valence-electron chi connectivity index (χ0n) is 12.8. The average molecular weight is 338 g/mol. The summed E-state index contributed by atoms with van der Waals surface area (Å²) in [6, 6.07) is 6.66. The molecule has 124 valence electrons. The van der Waals surface area contributed by atoms with Crippen molar-refractivity contribution in [3.8, 4) is 0 Å². The number of hydrogen-bond acceptors (Lipinski definition) is 3. The Morgan fingerprint density at radius 2 is 2.13 bits per heavy atom. The highest BCUT2D eigenvalue weighted by Crippen LogP contribution is 2.23. The second-order valence-electron chi connectivity index (χ2n) is 5.87. The van der Waals surface area contributed by atoms with E-state index in [4.69, 9.17) is 16.3 Å². The zero-order valence-corrected chi connectivity index (χ0v) is 13.5. The molecule has 0 aliphatic carbocycles. The molecule has 1 aromatic rings. The Morgan fingerprint density at radius 1 is 1.35 bits per heavy atom. The van der Waals surface area contributed by atoms with Crippen LogP contribution in [0, 0.1) is 0 Å². The highest BCUT2D eigenvalue weighted by Gasteiger charge is 2.31. The number of nitrogens with one attached hydrogen (secondary N) is 2. The minimum atomic E-state index is -0.253. The molecule has 2 atom stereocenters. The maximum atomic E-state index is 12.1. The molecule has 2 N–H and O–H groups in total. The molecule has 7 heteroatoms. The third-order valence-corrected chi connectivity index (χ3v) is 4.36. The van der Waals surface area contributed by atoms with E-state index in [2.05, 4.69) is 10.6 Å². The van der Waals surface area contributed by atoms with Gasteiger partial charge < -0.3 is 20.3 Å². The number of rotatable bonds is 4. The maximum absolute atomic E-state index is 12.1. The van der Waals surface area contributed by atoms with Crippen LogP contribution in [-0.4, -0.2) is 43.8 Å². The molecule has 2 heterocycles. The molecule has 2 aliphatic rings. The lowest BCUT2D eigenvalue weighted by Crippen LogP contribution is -2.45. The molecule has 23 heavy (non-hydrogen) atoms. The van der Waals surface area contributed by atoms with Crippen LogP contribution in [-0.2, 0) is 9.53 Å². The first kappa shape index (κ1) is 16.1. The van der Waals surface area contributed by atoms with Crippen LogP contribution in [0.3, 0.4) is 0 Å². The van der Waals surface area contributed by atoms with Crippen LogP contribution in [0.5, 0.6) is 0 Å². The van der Waals surface area contributed by atoms with E-state index in [9.17, 15) is 9.59 Å². The Bertz CT molecular complexity index is 572. The number of nitrogens with zero attached hydrogens (tertiary/aromatic N) is 1. The number of carbonyl (C=O) groups excluding carboxylic acids is 2. The van der Waals surface area contributed by atoms with Crippen molar-refractivity contribution in [3.05, 3.63) is 29.3 Å². The van der Waals surface area contributed by atoms with Crippen LogP contribution in [0.25, 0.3) is 0 Å². The molecule has 0 saturated carbocycles. The Labute approximate surface area is 140 Å². The Balaban J connectivity index is 1.48. The number of anilines is 1. The summed E-state index contributed by atoms with van der Waals surface area (Å²) in [5.41, 5.74) is 0.795. The molecule has 3 rings (SSSR count). The van der Waals surface area contributed by atoms with Gasteiger partial charge in [0.2, 0.25) is 5.91 Å². The van der Waals surface area contributed by atoms with Gasteiger partial charge in [-0.05, 0) is 37.1 Å². The van der Waals surface area contributed by atoms with Crippen LogP contribution in [0.15, 0.2) is 24.3 Å². The van der Waals surface area contributed by atoms with Gasteiger partial charge in [0.25, 0.3) is 0 Å². The third-order valence-electron chi connectivity index (χ3n) is 4.11. The Morgan fingerprint density at radius 3 is 2.83 bits per heavy atom. The lowest BCUT2D eigenvalue weighted by Gasteiger charge is -2.18. The summed E-state index contributed by atoms with van der Waals surface area (Å²) in [6.07, 6.45) is 2.43. The number of carbonyl (C=O) groups is 2. The van der Waals surface area contributed by atoms with Gasteiger partial charge in [-0.3, -0.25) is 4.79 Å².